The molecule has 1 atom stereocenters. The summed E-state index contributed by atoms with van der Waals surface area (Å²) in [4.78, 5) is 4.71. The average molecular weight is 351 g/mol. The highest BCUT2D eigenvalue weighted by Crippen LogP contribution is 2.31. The molecule has 112 valence electrons. The van der Waals surface area contributed by atoms with Gasteiger partial charge < -0.3 is 14.0 Å². The van der Waals surface area contributed by atoms with Gasteiger partial charge >= 0.3 is 0 Å². The summed E-state index contributed by atoms with van der Waals surface area (Å²) in [5, 5.41) is 0. The van der Waals surface area contributed by atoms with Crippen LogP contribution in [0.5, 0.6) is 5.75 Å². The van der Waals surface area contributed by atoms with E-state index in [0.29, 0.717) is 0 Å². The van der Waals surface area contributed by atoms with E-state index >= 15 is 0 Å². The van der Waals surface area contributed by atoms with E-state index in [1.54, 1.807) is 7.11 Å². The van der Waals surface area contributed by atoms with Gasteiger partial charge in [-0.1, -0.05) is 12.1 Å². The predicted molar refractivity (Wildman–Crippen MR) is 85.8 cm³/mol. The van der Waals surface area contributed by atoms with E-state index in [4.69, 9.17) is 14.5 Å². The zero-order chi connectivity index (χ0) is 15.0. The third-order valence-corrected chi connectivity index (χ3v) is 4.51. The molecule has 0 aliphatic carbocycles. The van der Waals surface area contributed by atoms with Crippen LogP contribution in [0.15, 0.2) is 22.8 Å². The zero-order valence-electron chi connectivity index (χ0n) is 12.5. The molecule has 0 bridgehead atoms. The maximum Gasteiger partial charge on any atom is 0.141 e. The number of benzene rings is 1. The minimum atomic E-state index is 0.193. The van der Waals surface area contributed by atoms with Gasteiger partial charge in [0, 0.05) is 12.0 Å². The number of methoxy groups -OCH3 is 1. The Kier molecular flexibility index (Phi) is 4.04. The number of ether oxygens (including phenoxy) is 2. The second-order valence-corrected chi connectivity index (χ2v) is 6.15. The molecule has 1 aliphatic heterocycles. The van der Waals surface area contributed by atoms with Gasteiger partial charge in [-0.2, -0.15) is 0 Å². The fourth-order valence-corrected chi connectivity index (χ4v) is 3.32. The van der Waals surface area contributed by atoms with Crippen LogP contribution < -0.4 is 4.74 Å². The standard InChI is InChI=1S/C16H19BrN2O2/c1-10-4-5-12(8-14(10)20-3)16-18-15(17)13-6-7-21-11(2)9-19(13)16/h4-5,8,11H,6-7,9H2,1-3H3/t11-/m1/s1. The van der Waals surface area contributed by atoms with Gasteiger partial charge in [-0.05, 0) is 41.4 Å². The zero-order valence-corrected chi connectivity index (χ0v) is 14.1. The van der Waals surface area contributed by atoms with Crippen LogP contribution in [0.25, 0.3) is 11.4 Å². The molecular formula is C16H19BrN2O2. The Morgan fingerprint density at radius 3 is 3.00 bits per heavy atom. The normalized spacial score (nSPS) is 18.2. The Labute approximate surface area is 133 Å². The molecule has 0 N–H and O–H groups in total. The fourth-order valence-electron chi connectivity index (χ4n) is 2.74. The predicted octanol–water partition coefficient (Wildman–Crippen LogP) is 3.59. The quantitative estimate of drug-likeness (QED) is 0.830. The molecule has 1 aromatic heterocycles. The van der Waals surface area contributed by atoms with Gasteiger partial charge in [0.2, 0.25) is 0 Å². The van der Waals surface area contributed by atoms with Crippen LogP contribution in [-0.4, -0.2) is 29.4 Å². The molecule has 0 radical (unpaired) electrons. The molecule has 3 rings (SSSR count). The van der Waals surface area contributed by atoms with Gasteiger partial charge in [-0.15, -0.1) is 0 Å². The maximum atomic E-state index is 5.76. The molecule has 1 aromatic carbocycles. The number of halogens is 1. The van der Waals surface area contributed by atoms with Gasteiger partial charge in [0.05, 0.1) is 32.1 Å². The summed E-state index contributed by atoms with van der Waals surface area (Å²) < 4.78 is 14.4. The smallest absolute Gasteiger partial charge is 0.141 e. The van der Waals surface area contributed by atoms with E-state index in [1.165, 1.54) is 5.69 Å². The minimum absolute atomic E-state index is 0.193. The third kappa shape index (κ3) is 2.72. The molecule has 2 aromatic rings. The number of aryl methyl sites for hydroxylation is 1. The Morgan fingerprint density at radius 2 is 2.24 bits per heavy atom. The van der Waals surface area contributed by atoms with Gasteiger partial charge in [0.25, 0.3) is 0 Å². The number of hydrogen-bond acceptors (Lipinski definition) is 3. The van der Waals surface area contributed by atoms with Crippen LogP contribution >= 0.6 is 15.9 Å². The van der Waals surface area contributed by atoms with Crippen LogP contribution in [0, 0.1) is 6.92 Å². The lowest BCUT2D eigenvalue weighted by Crippen LogP contribution is -2.15. The van der Waals surface area contributed by atoms with Crippen molar-refractivity contribution >= 4 is 15.9 Å². The first-order chi connectivity index (χ1) is 10.1. The Balaban J connectivity index is 2.11. The van der Waals surface area contributed by atoms with Gasteiger partial charge in [-0.3, -0.25) is 0 Å². The Bertz CT molecular complexity index is 667. The van der Waals surface area contributed by atoms with Crippen molar-refractivity contribution in [2.45, 2.75) is 32.9 Å². The summed E-state index contributed by atoms with van der Waals surface area (Å²) in [5.41, 5.74) is 3.40. The summed E-state index contributed by atoms with van der Waals surface area (Å²) in [5.74, 6) is 1.85. The maximum absolute atomic E-state index is 5.76. The molecule has 1 aliphatic rings. The van der Waals surface area contributed by atoms with Crippen LogP contribution in [-0.2, 0) is 17.7 Å². The van der Waals surface area contributed by atoms with E-state index < -0.39 is 0 Å². The van der Waals surface area contributed by atoms with Crippen LogP contribution in [0.3, 0.4) is 0 Å². The topological polar surface area (TPSA) is 36.3 Å². The number of rotatable bonds is 2. The molecule has 0 saturated heterocycles. The summed E-state index contributed by atoms with van der Waals surface area (Å²) in [6.07, 6.45) is 1.07. The number of imidazole rings is 1. The Hall–Kier alpha value is -1.33. The highest BCUT2D eigenvalue weighted by molar-refractivity contribution is 9.10. The fraction of sp³-hybridized carbons (Fsp3) is 0.438. The second kappa shape index (κ2) is 5.81. The molecule has 0 amide bonds. The van der Waals surface area contributed by atoms with Crippen LogP contribution in [0.4, 0.5) is 0 Å². The number of aromatic nitrogens is 2. The van der Waals surface area contributed by atoms with E-state index in [1.807, 2.05) is 13.0 Å². The van der Waals surface area contributed by atoms with Crippen molar-refractivity contribution in [1.82, 2.24) is 9.55 Å². The molecule has 0 saturated carbocycles. The van der Waals surface area contributed by atoms with Crippen molar-refractivity contribution in [3.63, 3.8) is 0 Å². The molecule has 4 nitrogen and oxygen atoms in total. The minimum Gasteiger partial charge on any atom is -0.496 e. The van der Waals surface area contributed by atoms with Crippen molar-refractivity contribution in [3.8, 4) is 17.1 Å². The summed E-state index contributed by atoms with van der Waals surface area (Å²) in [6.45, 7) is 5.70. The van der Waals surface area contributed by atoms with E-state index in [9.17, 15) is 0 Å². The lowest BCUT2D eigenvalue weighted by molar-refractivity contribution is 0.0666. The Morgan fingerprint density at radius 1 is 1.43 bits per heavy atom. The third-order valence-electron chi connectivity index (χ3n) is 3.87. The van der Waals surface area contributed by atoms with Crippen molar-refractivity contribution in [2.75, 3.05) is 13.7 Å². The highest BCUT2D eigenvalue weighted by Gasteiger charge is 2.22. The van der Waals surface area contributed by atoms with Gasteiger partial charge in [0.1, 0.15) is 16.2 Å². The van der Waals surface area contributed by atoms with E-state index in [0.717, 1.165) is 46.9 Å². The van der Waals surface area contributed by atoms with E-state index in [-0.39, 0.29) is 6.10 Å². The number of hydrogen-bond donors (Lipinski definition) is 0. The van der Waals surface area contributed by atoms with Crippen molar-refractivity contribution in [2.24, 2.45) is 0 Å². The largest absolute Gasteiger partial charge is 0.496 e. The lowest BCUT2D eigenvalue weighted by Gasteiger charge is -2.13. The monoisotopic (exact) mass is 350 g/mol. The first-order valence-corrected chi connectivity index (χ1v) is 7.91. The summed E-state index contributed by atoms with van der Waals surface area (Å²) >= 11 is 3.59. The molecule has 2 heterocycles. The van der Waals surface area contributed by atoms with Crippen LogP contribution in [0.2, 0.25) is 0 Å². The van der Waals surface area contributed by atoms with Crippen LogP contribution in [0.1, 0.15) is 18.2 Å². The molecular weight excluding hydrogens is 332 g/mol. The number of fused-ring (bicyclic) bond motifs is 1. The number of nitrogens with zero attached hydrogens (tertiary/aromatic N) is 2. The molecule has 0 unspecified atom stereocenters. The van der Waals surface area contributed by atoms with Gasteiger partial charge in [-0.25, -0.2) is 4.98 Å². The summed E-state index contributed by atoms with van der Waals surface area (Å²) in [6, 6.07) is 6.21. The van der Waals surface area contributed by atoms with Crippen molar-refractivity contribution < 1.29 is 9.47 Å². The lowest BCUT2D eigenvalue weighted by atomic mass is 10.1. The molecule has 0 spiro atoms. The average Bonchev–Trinajstić information content (AvgIpc) is 2.65. The first-order valence-electron chi connectivity index (χ1n) is 7.11. The molecule has 21 heavy (non-hydrogen) atoms. The van der Waals surface area contributed by atoms with E-state index in [2.05, 4.69) is 39.6 Å². The van der Waals surface area contributed by atoms with Gasteiger partial charge in [0.15, 0.2) is 0 Å². The summed E-state index contributed by atoms with van der Waals surface area (Å²) in [7, 11) is 1.70. The van der Waals surface area contributed by atoms with Crippen molar-refractivity contribution in [1.29, 1.82) is 0 Å². The highest BCUT2D eigenvalue weighted by atomic mass is 79.9. The first kappa shape index (κ1) is 14.6. The second-order valence-electron chi connectivity index (χ2n) is 5.40. The molecule has 5 heteroatoms. The molecule has 0 fully saturated rings. The SMILES string of the molecule is COc1cc(-c2nc(Br)c3n2C[C@@H](C)OCC3)ccc1C. The van der Waals surface area contributed by atoms with Crippen molar-refractivity contribution in [3.05, 3.63) is 34.1 Å².